The fourth-order valence-corrected chi connectivity index (χ4v) is 4.84. The molecule has 1 aliphatic rings. The first kappa shape index (κ1) is 19.9. The summed E-state index contributed by atoms with van der Waals surface area (Å²) in [6, 6.07) is 9.51. The summed E-state index contributed by atoms with van der Waals surface area (Å²) in [7, 11) is -4.05. The lowest BCUT2D eigenvalue weighted by molar-refractivity contribution is -0.387. The number of halogens is 1. The summed E-state index contributed by atoms with van der Waals surface area (Å²) in [5, 5.41) is 11.2. The average Bonchev–Trinajstić information content (AvgIpc) is 2.67. The van der Waals surface area contributed by atoms with Crippen LogP contribution in [-0.2, 0) is 10.0 Å². The molecule has 1 fully saturated rings. The van der Waals surface area contributed by atoms with Gasteiger partial charge in [-0.25, -0.2) is 12.8 Å². The number of carbonyl (C=O) groups is 1. The van der Waals surface area contributed by atoms with E-state index in [2.05, 4.69) is 0 Å². The SMILES string of the molecule is CC(=O)c1c(F)cccc1N1CCN(S(=O)(=O)c2ccccc2[N+](=O)[O-])CC1. The van der Waals surface area contributed by atoms with Crippen molar-refractivity contribution in [1.29, 1.82) is 0 Å². The van der Waals surface area contributed by atoms with E-state index in [9.17, 15) is 27.7 Å². The summed E-state index contributed by atoms with van der Waals surface area (Å²) >= 11 is 0. The predicted octanol–water partition coefficient (Wildman–Crippen LogP) is 2.45. The molecule has 1 saturated heterocycles. The Morgan fingerprint density at radius 3 is 2.32 bits per heavy atom. The van der Waals surface area contributed by atoms with Gasteiger partial charge in [-0.3, -0.25) is 14.9 Å². The summed E-state index contributed by atoms with van der Waals surface area (Å²) in [4.78, 5) is 23.6. The zero-order valence-corrected chi connectivity index (χ0v) is 15.9. The highest BCUT2D eigenvalue weighted by Crippen LogP contribution is 2.29. The Morgan fingerprint density at radius 1 is 1.07 bits per heavy atom. The Balaban J connectivity index is 1.84. The molecule has 0 radical (unpaired) electrons. The van der Waals surface area contributed by atoms with Gasteiger partial charge in [0.2, 0.25) is 10.0 Å². The van der Waals surface area contributed by atoms with Crippen LogP contribution in [0.2, 0.25) is 0 Å². The van der Waals surface area contributed by atoms with E-state index in [0.717, 1.165) is 6.07 Å². The topological polar surface area (TPSA) is 101 Å². The van der Waals surface area contributed by atoms with Crippen molar-refractivity contribution < 1.29 is 22.5 Å². The lowest BCUT2D eigenvalue weighted by atomic mass is 10.1. The molecule has 1 heterocycles. The maximum atomic E-state index is 14.0. The number of hydrogen-bond donors (Lipinski definition) is 0. The van der Waals surface area contributed by atoms with Crippen LogP contribution in [0, 0.1) is 15.9 Å². The molecule has 3 rings (SSSR count). The Hall–Kier alpha value is -2.85. The third kappa shape index (κ3) is 3.60. The van der Waals surface area contributed by atoms with Gasteiger partial charge in [0.05, 0.1) is 16.2 Å². The first-order valence-electron chi connectivity index (χ1n) is 8.51. The summed E-state index contributed by atoms with van der Waals surface area (Å²) in [5.74, 6) is -1.04. The largest absolute Gasteiger partial charge is 0.368 e. The van der Waals surface area contributed by atoms with Crippen molar-refractivity contribution in [2.45, 2.75) is 11.8 Å². The van der Waals surface area contributed by atoms with Crippen LogP contribution in [0.5, 0.6) is 0 Å². The molecule has 0 bridgehead atoms. The molecule has 0 aromatic heterocycles. The van der Waals surface area contributed by atoms with Gasteiger partial charge < -0.3 is 4.90 Å². The van der Waals surface area contributed by atoms with Crippen LogP contribution in [-0.4, -0.2) is 49.6 Å². The van der Waals surface area contributed by atoms with Crippen molar-refractivity contribution in [3.63, 3.8) is 0 Å². The van der Waals surface area contributed by atoms with Gasteiger partial charge in [0.1, 0.15) is 5.82 Å². The molecule has 0 aliphatic carbocycles. The molecule has 10 heteroatoms. The fraction of sp³-hybridized carbons (Fsp3) is 0.278. The van der Waals surface area contributed by atoms with Crippen molar-refractivity contribution in [2.24, 2.45) is 0 Å². The summed E-state index contributed by atoms with van der Waals surface area (Å²) in [6.45, 7) is 1.84. The van der Waals surface area contributed by atoms with Gasteiger partial charge in [-0.1, -0.05) is 18.2 Å². The zero-order valence-electron chi connectivity index (χ0n) is 15.0. The van der Waals surface area contributed by atoms with Crippen LogP contribution < -0.4 is 4.90 Å². The molecule has 2 aromatic rings. The molecule has 0 atom stereocenters. The minimum atomic E-state index is -4.05. The third-order valence-electron chi connectivity index (χ3n) is 4.60. The fourth-order valence-electron chi connectivity index (χ4n) is 3.26. The van der Waals surface area contributed by atoms with Crippen molar-refractivity contribution in [3.05, 3.63) is 64.0 Å². The third-order valence-corrected chi connectivity index (χ3v) is 6.55. The van der Waals surface area contributed by atoms with Gasteiger partial charge in [-0.15, -0.1) is 0 Å². The highest BCUT2D eigenvalue weighted by Gasteiger charge is 2.34. The first-order chi connectivity index (χ1) is 13.2. The Labute approximate surface area is 161 Å². The van der Waals surface area contributed by atoms with E-state index in [0.29, 0.717) is 5.69 Å². The van der Waals surface area contributed by atoms with E-state index >= 15 is 0 Å². The molecule has 0 saturated carbocycles. The van der Waals surface area contributed by atoms with Crippen molar-refractivity contribution in [3.8, 4) is 0 Å². The van der Waals surface area contributed by atoms with Crippen molar-refractivity contribution in [2.75, 3.05) is 31.1 Å². The number of Topliss-reactive ketones (excluding diaryl/α,β-unsaturated/α-hetero) is 1. The van der Waals surface area contributed by atoms with Crippen LogP contribution in [0.1, 0.15) is 17.3 Å². The molecular weight excluding hydrogens is 389 g/mol. The number of nitro groups is 1. The number of sulfonamides is 1. The minimum Gasteiger partial charge on any atom is -0.368 e. The molecule has 28 heavy (non-hydrogen) atoms. The van der Waals surface area contributed by atoms with Crippen molar-refractivity contribution in [1.82, 2.24) is 4.31 Å². The molecular formula is C18H18FN3O5S. The molecule has 148 valence electrons. The number of rotatable bonds is 5. The quantitative estimate of drug-likeness (QED) is 0.429. The molecule has 8 nitrogen and oxygen atoms in total. The first-order valence-corrected chi connectivity index (χ1v) is 9.95. The molecule has 0 unspecified atom stereocenters. The monoisotopic (exact) mass is 407 g/mol. The van der Waals surface area contributed by atoms with Crippen molar-refractivity contribution >= 4 is 27.2 Å². The van der Waals surface area contributed by atoms with Gasteiger partial charge in [0, 0.05) is 32.2 Å². The number of benzene rings is 2. The highest BCUT2D eigenvalue weighted by molar-refractivity contribution is 7.89. The highest BCUT2D eigenvalue weighted by atomic mass is 32.2. The van der Waals surface area contributed by atoms with E-state index in [1.807, 2.05) is 0 Å². The van der Waals surface area contributed by atoms with E-state index < -0.39 is 32.2 Å². The lowest BCUT2D eigenvalue weighted by Gasteiger charge is -2.36. The second-order valence-corrected chi connectivity index (χ2v) is 8.21. The molecule has 0 amide bonds. The number of hydrogen-bond acceptors (Lipinski definition) is 6. The number of piperazine rings is 1. The summed E-state index contributed by atoms with van der Waals surface area (Å²) in [5.41, 5.74) is -0.0957. The molecule has 2 aromatic carbocycles. The number of nitro benzene ring substituents is 1. The lowest BCUT2D eigenvalue weighted by Crippen LogP contribution is -2.49. The normalized spacial score (nSPS) is 15.4. The number of ketones is 1. The number of para-hydroxylation sites is 1. The molecule has 0 N–H and O–H groups in total. The smallest absolute Gasteiger partial charge is 0.289 e. The zero-order chi connectivity index (χ0) is 20.5. The number of nitrogens with zero attached hydrogens (tertiary/aromatic N) is 3. The van der Waals surface area contributed by atoms with Gasteiger partial charge in [-0.05, 0) is 25.1 Å². The van der Waals surface area contributed by atoms with Crippen LogP contribution >= 0.6 is 0 Å². The molecule has 1 aliphatic heterocycles. The van der Waals surface area contributed by atoms with Gasteiger partial charge in [0.25, 0.3) is 5.69 Å². The van der Waals surface area contributed by atoms with Gasteiger partial charge in [0.15, 0.2) is 10.7 Å². The molecule has 0 spiro atoms. The van der Waals surface area contributed by atoms with E-state index in [-0.39, 0.29) is 36.6 Å². The average molecular weight is 407 g/mol. The van der Waals surface area contributed by atoms with E-state index in [1.54, 1.807) is 11.0 Å². The summed E-state index contributed by atoms with van der Waals surface area (Å²) in [6.07, 6.45) is 0. The van der Waals surface area contributed by atoms with Crippen LogP contribution in [0.3, 0.4) is 0 Å². The Morgan fingerprint density at radius 2 is 1.71 bits per heavy atom. The second kappa shape index (κ2) is 7.64. The van der Waals surface area contributed by atoms with Crippen LogP contribution in [0.25, 0.3) is 0 Å². The Kier molecular flexibility index (Phi) is 5.43. The maximum absolute atomic E-state index is 14.0. The van der Waals surface area contributed by atoms with Crippen LogP contribution in [0.15, 0.2) is 47.4 Å². The number of anilines is 1. The standard InChI is InChI=1S/C18H18FN3O5S/c1-13(23)18-14(19)5-4-7-16(18)20-9-11-21(12-10-20)28(26,27)17-8-3-2-6-15(17)22(24)25/h2-8H,9-12H2,1H3. The van der Waals surface area contributed by atoms with Crippen LogP contribution in [0.4, 0.5) is 15.8 Å². The van der Waals surface area contributed by atoms with Gasteiger partial charge >= 0.3 is 0 Å². The predicted molar refractivity (Wildman–Crippen MR) is 100 cm³/mol. The van der Waals surface area contributed by atoms with Gasteiger partial charge in [-0.2, -0.15) is 4.31 Å². The van der Waals surface area contributed by atoms with E-state index in [1.165, 1.54) is 41.6 Å². The van der Waals surface area contributed by atoms with E-state index in [4.69, 9.17) is 0 Å². The number of carbonyl (C=O) groups excluding carboxylic acids is 1. The second-order valence-electron chi connectivity index (χ2n) is 6.31. The minimum absolute atomic E-state index is 0.0301. The maximum Gasteiger partial charge on any atom is 0.289 e. The Bertz CT molecular complexity index is 1030. The summed E-state index contributed by atoms with van der Waals surface area (Å²) < 4.78 is 41.0.